The van der Waals surface area contributed by atoms with E-state index in [0.29, 0.717) is 28.5 Å². The Kier molecular flexibility index (Phi) is 6.10. The monoisotopic (exact) mass is 301 g/mol. The molecule has 0 aromatic heterocycles. The molecule has 2 N–H and O–H groups in total. The minimum Gasteiger partial charge on any atom is -0.493 e. The molecule has 6 heteroatoms. The Balaban J connectivity index is 2.91. The van der Waals surface area contributed by atoms with Gasteiger partial charge in [-0.3, -0.25) is 4.79 Å². The van der Waals surface area contributed by atoms with Crippen LogP contribution in [0.25, 0.3) is 0 Å². The van der Waals surface area contributed by atoms with E-state index in [1.807, 2.05) is 6.92 Å². The van der Waals surface area contributed by atoms with E-state index in [2.05, 4.69) is 5.32 Å². The molecule has 0 aliphatic heterocycles. The number of aliphatic hydroxyl groups excluding tert-OH is 1. The maximum absolute atomic E-state index is 12.1. The number of benzene rings is 1. The van der Waals surface area contributed by atoms with E-state index in [4.69, 9.17) is 21.1 Å². The van der Waals surface area contributed by atoms with Crippen molar-refractivity contribution < 1.29 is 19.4 Å². The molecule has 0 aliphatic carbocycles. The Bertz CT molecular complexity index is 476. The third-order valence-corrected chi connectivity index (χ3v) is 3.05. The Morgan fingerprint density at radius 3 is 2.50 bits per heavy atom. The number of carbonyl (C=O) groups excluding carboxylic acids is 1. The predicted molar refractivity (Wildman–Crippen MR) is 77.8 cm³/mol. The highest BCUT2D eigenvalue weighted by Crippen LogP contribution is 2.35. The van der Waals surface area contributed by atoms with E-state index in [-0.39, 0.29) is 11.9 Å². The van der Waals surface area contributed by atoms with Crippen LogP contribution in [0.3, 0.4) is 0 Å². The van der Waals surface area contributed by atoms with Crippen molar-refractivity contribution in [1.29, 1.82) is 0 Å². The zero-order valence-electron chi connectivity index (χ0n) is 12.1. The summed E-state index contributed by atoms with van der Waals surface area (Å²) in [6.07, 6.45) is 0.00605. The van der Waals surface area contributed by atoms with Gasteiger partial charge in [-0.1, -0.05) is 11.6 Å². The Morgan fingerprint density at radius 1 is 1.35 bits per heavy atom. The van der Waals surface area contributed by atoms with Crippen LogP contribution < -0.4 is 14.8 Å². The van der Waals surface area contributed by atoms with Crippen molar-refractivity contribution in [2.75, 3.05) is 14.2 Å². The summed E-state index contributed by atoms with van der Waals surface area (Å²) in [5.74, 6) is 0.511. The maximum atomic E-state index is 12.1. The predicted octanol–water partition coefficient (Wildman–Crippen LogP) is 2.25. The average molecular weight is 302 g/mol. The van der Waals surface area contributed by atoms with E-state index >= 15 is 0 Å². The first-order valence-electron chi connectivity index (χ1n) is 6.29. The fourth-order valence-corrected chi connectivity index (χ4v) is 2.21. The van der Waals surface area contributed by atoms with Crippen LogP contribution in [-0.4, -0.2) is 37.4 Å². The van der Waals surface area contributed by atoms with Gasteiger partial charge in [0.05, 0.1) is 25.3 Å². The number of aliphatic hydroxyl groups is 1. The molecule has 0 spiro atoms. The largest absolute Gasteiger partial charge is 0.493 e. The SMILES string of the molecule is COc1cc(C(=O)NC(C)CC(C)O)cc(Cl)c1OC. The van der Waals surface area contributed by atoms with Crippen LogP contribution in [0, 0.1) is 0 Å². The summed E-state index contributed by atoms with van der Waals surface area (Å²) in [5, 5.41) is 12.4. The third kappa shape index (κ3) is 4.28. The van der Waals surface area contributed by atoms with Gasteiger partial charge in [0.2, 0.25) is 0 Å². The van der Waals surface area contributed by atoms with Crippen molar-refractivity contribution in [3.63, 3.8) is 0 Å². The number of ether oxygens (including phenoxy) is 2. The number of nitrogens with one attached hydrogen (secondary N) is 1. The third-order valence-electron chi connectivity index (χ3n) is 2.77. The second-order valence-corrected chi connectivity index (χ2v) is 5.06. The number of carbonyl (C=O) groups is 1. The fourth-order valence-electron chi connectivity index (χ4n) is 1.93. The van der Waals surface area contributed by atoms with Crippen LogP contribution in [0.2, 0.25) is 5.02 Å². The maximum Gasteiger partial charge on any atom is 0.251 e. The number of halogens is 1. The summed E-state index contributed by atoms with van der Waals surface area (Å²) in [4.78, 5) is 12.1. The quantitative estimate of drug-likeness (QED) is 0.845. The van der Waals surface area contributed by atoms with E-state index in [1.54, 1.807) is 13.0 Å². The lowest BCUT2D eigenvalue weighted by molar-refractivity contribution is 0.0922. The van der Waals surface area contributed by atoms with Gasteiger partial charge in [0.15, 0.2) is 11.5 Å². The smallest absolute Gasteiger partial charge is 0.251 e. The van der Waals surface area contributed by atoms with Crippen molar-refractivity contribution in [3.8, 4) is 11.5 Å². The van der Waals surface area contributed by atoms with E-state index in [0.717, 1.165) is 0 Å². The molecule has 0 saturated heterocycles. The highest BCUT2D eigenvalue weighted by molar-refractivity contribution is 6.32. The van der Waals surface area contributed by atoms with Crippen molar-refractivity contribution in [2.24, 2.45) is 0 Å². The summed E-state index contributed by atoms with van der Waals surface area (Å²) < 4.78 is 10.3. The van der Waals surface area contributed by atoms with Gasteiger partial charge < -0.3 is 19.9 Å². The molecule has 0 heterocycles. The van der Waals surface area contributed by atoms with Crippen LogP contribution in [0.15, 0.2) is 12.1 Å². The number of rotatable bonds is 6. The first-order valence-corrected chi connectivity index (χ1v) is 6.67. The van der Waals surface area contributed by atoms with Crippen LogP contribution in [0.1, 0.15) is 30.6 Å². The van der Waals surface area contributed by atoms with Gasteiger partial charge in [-0.15, -0.1) is 0 Å². The normalized spacial score (nSPS) is 13.5. The topological polar surface area (TPSA) is 67.8 Å². The second-order valence-electron chi connectivity index (χ2n) is 4.65. The fraction of sp³-hybridized carbons (Fsp3) is 0.500. The molecule has 1 aromatic rings. The van der Waals surface area contributed by atoms with E-state index in [9.17, 15) is 9.90 Å². The van der Waals surface area contributed by atoms with Gasteiger partial charge in [-0.05, 0) is 32.4 Å². The molecule has 0 bridgehead atoms. The highest BCUT2D eigenvalue weighted by Gasteiger charge is 2.17. The summed E-state index contributed by atoms with van der Waals surface area (Å²) >= 11 is 6.05. The molecule has 1 aromatic carbocycles. The lowest BCUT2D eigenvalue weighted by Crippen LogP contribution is -2.34. The summed E-state index contributed by atoms with van der Waals surface area (Å²) in [7, 11) is 2.96. The molecular weight excluding hydrogens is 282 g/mol. The average Bonchev–Trinajstić information content (AvgIpc) is 2.36. The molecular formula is C14H20ClNO4. The van der Waals surface area contributed by atoms with Crippen LogP contribution in [-0.2, 0) is 0 Å². The van der Waals surface area contributed by atoms with Crippen LogP contribution in [0.4, 0.5) is 0 Å². The number of amides is 1. The highest BCUT2D eigenvalue weighted by atomic mass is 35.5. The zero-order chi connectivity index (χ0) is 15.3. The molecule has 1 rings (SSSR count). The van der Waals surface area contributed by atoms with Gasteiger partial charge in [0.25, 0.3) is 5.91 Å². The molecule has 1 amide bonds. The van der Waals surface area contributed by atoms with Gasteiger partial charge in [-0.25, -0.2) is 0 Å². The van der Waals surface area contributed by atoms with Gasteiger partial charge in [0, 0.05) is 11.6 Å². The zero-order valence-corrected chi connectivity index (χ0v) is 12.8. The molecule has 2 atom stereocenters. The molecule has 2 unspecified atom stereocenters. The van der Waals surface area contributed by atoms with Gasteiger partial charge in [-0.2, -0.15) is 0 Å². The number of hydrogen-bond acceptors (Lipinski definition) is 4. The Labute approximate surface area is 123 Å². The molecule has 0 saturated carbocycles. The number of hydrogen-bond donors (Lipinski definition) is 2. The van der Waals surface area contributed by atoms with Crippen molar-refractivity contribution >= 4 is 17.5 Å². The second kappa shape index (κ2) is 7.36. The Hall–Kier alpha value is -1.46. The first-order chi connectivity index (χ1) is 9.38. The molecule has 0 fully saturated rings. The molecule has 20 heavy (non-hydrogen) atoms. The minimum atomic E-state index is -0.473. The summed E-state index contributed by atoms with van der Waals surface area (Å²) in [5.41, 5.74) is 0.380. The van der Waals surface area contributed by atoms with Crippen molar-refractivity contribution in [2.45, 2.75) is 32.4 Å². The van der Waals surface area contributed by atoms with Crippen molar-refractivity contribution in [1.82, 2.24) is 5.32 Å². The molecule has 112 valence electrons. The number of methoxy groups -OCH3 is 2. The minimum absolute atomic E-state index is 0.144. The molecule has 0 radical (unpaired) electrons. The van der Waals surface area contributed by atoms with Gasteiger partial charge >= 0.3 is 0 Å². The van der Waals surface area contributed by atoms with Crippen molar-refractivity contribution in [3.05, 3.63) is 22.7 Å². The Morgan fingerprint density at radius 2 is 2.00 bits per heavy atom. The first kappa shape index (κ1) is 16.6. The molecule has 5 nitrogen and oxygen atoms in total. The van der Waals surface area contributed by atoms with Crippen LogP contribution in [0.5, 0.6) is 11.5 Å². The van der Waals surface area contributed by atoms with Gasteiger partial charge in [0.1, 0.15) is 0 Å². The lowest BCUT2D eigenvalue weighted by Gasteiger charge is -2.16. The lowest BCUT2D eigenvalue weighted by atomic mass is 10.1. The standard InChI is InChI=1S/C14H20ClNO4/c1-8(5-9(2)17)16-14(18)10-6-11(15)13(20-4)12(7-10)19-3/h6-9,17H,5H2,1-4H3,(H,16,18). The van der Waals surface area contributed by atoms with E-state index < -0.39 is 6.10 Å². The van der Waals surface area contributed by atoms with Crippen LogP contribution >= 0.6 is 11.6 Å². The molecule has 0 aliphatic rings. The summed E-state index contributed by atoms with van der Waals surface area (Å²) in [6, 6.07) is 2.94. The van der Waals surface area contributed by atoms with E-state index in [1.165, 1.54) is 20.3 Å². The summed E-state index contributed by atoms with van der Waals surface area (Å²) in [6.45, 7) is 3.50.